The highest BCUT2D eigenvalue weighted by molar-refractivity contribution is 6.06. The van der Waals surface area contributed by atoms with Gasteiger partial charge in [-0.3, -0.25) is 4.79 Å². The minimum Gasteiger partial charge on any atom is -0.395 e. The maximum Gasteiger partial charge on any atom is 0.416 e. The molecule has 0 unspecified atom stereocenters. The van der Waals surface area contributed by atoms with Crippen LogP contribution in [0.1, 0.15) is 21.5 Å². The summed E-state index contributed by atoms with van der Waals surface area (Å²) in [5, 5.41) is 20.9. The van der Waals surface area contributed by atoms with Gasteiger partial charge in [-0.05, 0) is 37.3 Å². The summed E-state index contributed by atoms with van der Waals surface area (Å²) in [4.78, 5) is 14.0. The molecule has 0 aliphatic rings. The van der Waals surface area contributed by atoms with Gasteiger partial charge in [0.25, 0.3) is 5.91 Å². The van der Waals surface area contributed by atoms with Crippen molar-refractivity contribution < 1.29 is 28.2 Å². The van der Waals surface area contributed by atoms with Crippen molar-refractivity contribution in [3.63, 3.8) is 0 Å². The lowest BCUT2D eigenvalue weighted by Gasteiger charge is -2.26. The topological polar surface area (TPSA) is 72.8 Å². The van der Waals surface area contributed by atoms with E-state index in [2.05, 4.69) is 5.32 Å². The minimum absolute atomic E-state index is 0.0442. The molecule has 0 aliphatic carbocycles. The molecule has 0 aliphatic heterocycles. The molecule has 0 aromatic heterocycles. The van der Waals surface area contributed by atoms with E-state index in [1.54, 1.807) is 24.3 Å². The third-order valence-electron chi connectivity index (χ3n) is 3.97. The first-order valence-corrected chi connectivity index (χ1v) is 8.32. The van der Waals surface area contributed by atoms with E-state index in [9.17, 15) is 28.2 Å². The maximum atomic E-state index is 13.1. The van der Waals surface area contributed by atoms with Crippen LogP contribution in [0.5, 0.6) is 0 Å². The van der Waals surface area contributed by atoms with Gasteiger partial charge in [-0.15, -0.1) is 0 Å². The highest BCUT2D eigenvalue weighted by atomic mass is 19.4. The highest BCUT2D eigenvalue weighted by Gasteiger charge is 2.31. The van der Waals surface area contributed by atoms with Crippen molar-refractivity contribution >= 4 is 17.3 Å². The van der Waals surface area contributed by atoms with Crippen LogP contribution >= 0.6 is 0 Å². The standard InChI is InChI=1S/C19H21F3N2O3/c1-13-2-4-14(5-3-13)18(27)23-16-12-15(19(20,21)22)6-7-17(16)24(8-10-25)9-11-26/h2-7,12,25-26H,8-11H2,1H3,(H,23,27). The largest absolute Gasteiger partial charge is 0.416 e. The minimum atomic E-state index is -4.57. The summed E-state index contributed by atoms with van der Waals surface area (Å²) in [6.07, 6.45) is -4.57. The quantitative estimate of drug-likeness (QED) is 0.688. The summed E-state index contributed by atoms with van der Waals surface area (Å²) in [6.45, 7) is 1.53. The lowest BCUT2D eigenvalue weighted by atomic mass is 10.1. The Kier molecular flexibility index (Phi) is 6.81. The van der Waals surface area contributed by atoms with Crippen LogP contribution in [0.4, 0.5) is 24.5 Å². The number of amides is 1. The zero-order valence-electron chi connectivity index (χ0n) is 14.8. The Labute approximate surface area is 155 Å². The molecule has 2 aromatic rings. The first-order chi connectivity index (χ1) is 12.8. The molecular formula is C19H21F3N2O3. The number of aliphatic hydroxyl groups is 2. The van der Waals surface area contributed by atoms with E-state index in [1.165, 1.54) is 11.0 Å². The Morgan fingerprint density at radius 3 is 2.15 bits per heavy atom. The average molecular weight is 382 g/mol. The van der Waals surface area contributed by atoms with Gasteiger partial charge < -0.3 is 20.4 Å². The summed E-state index contributed by atoms with van der Waals surface area (Å²) in [7, 11) is 0. The van der Waals surface area contributed by atoms with Gasteiger partial charge in [0.05, 0.1) is 30.2 Å². The molecule has 0 bridgehead atoms. The first kappa shape index (κ1) is 20.7. The number of benzene rings is 2. The van der Waals surface area contributed by atoms with Gasteiger partial charge in [0.1, 0.15) is 0 Å². The molecule has 0 saturated carbocycles. The number of hydrogen-bond donors (Lipinski definition) is 3. The van der Waals surface area contributed by atoms with Gasteiger partial charge in [-0.2, -0.15) is 13.2 Å². The van der Waals surface area contributed by atoms with Crippen LogP contribution in [0.3, 0.4) is 0 Å². The van der Waals surface area contributed by atoms with Crippen LogP contribution in [-0.4, -0.2) is 42.4 Å². The van der Waals surface area contributed by atoms with Gasteiger partial charge in [-0.1, -0.05) is 17.7 Å². The van der Waals surface area contributed by atoms with Gasteiger partial charge in [0.15, 0.2) is 0 Å². The number of nitrogens with zero attached hydrogens (tertiary/aromatic N) is 1. The molecule has 0 fully saturated rings. The van der Waals surface area contributed by atoms with Crippen LogP contribution in [0, 0.1) is 6.92 Å². The van der Waals surface area contributed by atoms with Gasteiger partial charge in [0.2, 0.25) is 0 Å². The predicted octanol–water partition coefficient (Wildman–Crippen LogP) is 3.06. The van der Waals surface area contributed by atoms with Crippen molar-refractivity contribution in [2.24, 2.45) is 0 Å². The molecular weight excluding hydrogens is 361 g/mol. The molecule has 27 heavy (non-hydrogen) atoms. The van der Waals surface area contributed by atoms with Crippen molar-refractivity contribution in [1.29, 1.82) is 0 Å². The Morgan fingerprint density at radius 2 is 1.63 bits per heavy atom. The molecule has 0 spiro atoms. The Bertz CT molecular complexity index is 771. The van der Waals surface area contributed by atoms with Crippen molar-refractivity contribution in [1.82, 2.24) is 0 Å². The molecule has 0 saturated heterocycles. The zero-order chi connectivity index (χ0) is 20.0. The summed E-state index contributed by atoms with van der Waals surface area (Å²) in [5.74, 6) is -0.552. The number of carbonyl (C=O) groups excluding carboxylic acids is 1. The van der Waals surface area contributed by atoms with Crippen LogP contribution in [-0.2, 0) is 6.18 Å². The molecule has 3 N–H and O–H groups in total. The smallest absolute Gasteiger partial charge is 0.395 e. The molecule has 5 nitrogen and oxygen atoms in total. The monoisotopic (exact) mass is 382 g/mol. The van der Waals surface area contributed by atoms with Crippen molar-refractivity contribution in [3.05, 3.63) is 59.2 Å². The van der Waals surface area contributed by atoms with Crippen LogP contribution in [0.2, 0.25) is 0 Å². The molecule has 0 heterocycles. The first-order valence-electron chi connectivity index (χ1n) is 8.32. The highest BCUT2D eigenvalue weighted by Crippen LogP contribution is 2.35. The van der Waals surface area contributed by atoms with E-state index in [-0.39, 0.29) is 37.7 Å². The molecule has 8 heteroatoms. The molecule has 146 valence electrons. The van der Waals surface area contributed by atoms with Crippen LogP contribution in [0.25, 0.3) is 0 Å². The maximum absolute atomic E-state index is 13.1. The van der Waals surface area contributed by atoms with E-state index >= 15 is 0 Å². The summed E-state index contributed by atoms with van der Waals surface area (Å²) in [6, 6.07) is 9.59. The van der Waals surface area contributed by atoms with Crippen LogP contribution < -0.4 is 10.2 Å². The number of aryl methyl sites for hydroxylation is 1. The number of hydrogen-bond acceptors (Lipinski definition) is 4. The SMILES string of the molecule is Cc1ccc(C(=O)Nc2cc(C(F)(F)F)ccc2N(CCO)CCO)cc1. The molecule has 2 aromatic carbocycles. The molecule has 2 rings (SSSR count). The lowest BCUT2D eigenvalue weighted by Crippen LogP contribution is -2.31. The number of carbonyl (C=O) groups is 1. The second kappa shape index (κ2) is 8.88. The van der Waals surface area contributed by atoms with E-state index in [4.69, 9.17) is 0 Å². The number of alkyl halides is 3. The van der Waals surface area contributed by atoms with Gasteiger partial charge in [0, 0.05) is 18.7 Å². The zero-order valence-corrected chi connectivity index (χ0v) is 14.8. The Hall–Kier alpha value is -2.58. The van der Waals surface area contributed by atoms with Crippen molar-refractivity contribution in [3.8, 4) is 0 Å². The number of nitrogens with one attached hydrogen (secondary N) is 1. The number of aliphatic hydroxyl groups excluding tert-OH is 2. The van der Waals surface area contributed by atoms with Crippen molar-refractivity contribution in [2.45, 2.75) is 13.1 Å². The summed E-state index contributed by atoms with van der Waals surface area (Å²) in [5.41, 5.74) is 0.588. The number of halogens is 3. The second-order valence-electron chi connectivity index (χ2n) is 5.98. The number of anilines is 2. The summed E-state index contributed by atoms with van der Waals surface area (Å²) >= 11 is 0. The van der Waals surface area contributed by atoms with Gasteiger partial charge in [-0.25, -0.2) is 0 Å². The summed E-state index contributed by atoms with van der Waals surface area (Å²) < 4.78 is 39.3. The molecule has 0 radical (unpaired) electrons. The Morgan fingerprint density at radius 1 is 1.04 bits per heavy atom. The average Bonchev–Trinajstić information content (AvgIpc) is 2.61. The Balaban J connectivity index is 2.42. The molecule has 1 amide bonds. The normalized spacial score (nSPS) is 11.3. The van der Waals surface area contributed by atoms with Crippen LogP contribution in [0.15, 0.2) is 42.5 Å². The van der Waals surface area contributed by atoms with Gasteiger partial charge >= 0.3 is 6.18 Å². The fraction of sp³-hybridized carbons (Fsp3) is 0.316. The van der Waals surface area contributed by atoms with E-state index < -0.39 is 17.6 Å². The third kappa shape index (κ3) is 5.45. The van der Waals surface area contributed by atoms with E-state index in [1.807, 2.05) is 6.92 Å². The fourth-order valence-corrected chi connectivity index (χ4v) is 2.58. The van der Waals surface area contributed by atoms with E-state index in [0.717, 1.165) is 17.7 Å². The number of rotatable bonds is 7. The third-order valence-corrected chi connectivity index (χ3v) is 3.97. The fourth-order valence-electron chi connectivity index (χ4n) is 2.58. The van der Waals surface area contributed by atoms with E-state index in [0.29, 0.717) is 5.56 Å². The molecule has 0 atom stereocenters. The predicted molar refractivity (Wildman–Crippen MR) is 97.0 cm³/mol. The second-order valence-corrected chi connectivity index (χ2v) is 5.98. The van der Waals surface area contributed by atoms with Crippen molar-refractivity contribution in [2.75, 3.05) is 36.5 Å². The lowest BCUT2D eigenvalue weighted by molar-refractivity contribution is -0.137.